The van der Waals surface area contributed by atoms with Crippen molar-refractivity contribution in [2.24, 2.45) is 0 Å². The van der Waals surface area contributed by atoms with Crippen LogP contribution in [0.5, 0.6) is 17.2 Å². The Hall–Kier alpha value is -2.59. The van der Waals surface area contributed by atoms with Gasteiger partial charge in [-0.1, -0.05) is 0 Å². The van der Waals surface area contributed by atoms with Gasteiger partial charge in [0.15, 0.2) is 17.3 Å². The highest BCUT2D eigenvalue weighted by Gasteiger charge is 2.45. The lowest BCUT2D eigenvalue weighted by Crippen LogP contribution is -2.26. The van der Waals surface area contributed by atoms with E-state index >= 15 is 0 Å². The number of benzene rings is 1. The molecule has 1 aromatic carbocycles. The van der Waals surface area contributed by atoms with Crippen LogP contribution >= 0.6 is 0 Å². The number of aromatic amines is 1. The number of halogens is 2. The van der Waals surface area contributed by atoms with Gasteiger partial charge in [0.05, 0.1) is 23.8 Å². The van der Waals surface area contributed by atoms with Gasteiger partial charge in [0.1, 0.15) is 5.75 Å². The largest absolute Gasteiger partial charge is 0.609 e. The summed E-state index contributed by atoms with van der Waals surface area (Å²) in [6.45, 7) is 1.60. The van der Waals surface area contributed by atoms with E-state index in [0.29, 0.717) is 28.0 Å². The summed E-state index contributed by atoms with van der Waals surface area (Å²) < 4.78 is 53.2. The summed E-state index contributed by atoms with van der Waals surface area (Å²) in [5, 5.41) is 0.211. The minimum atomic E-state index is -3.70. The highest BCUT2D eigenvalue weighted by molar-refractivity contribution is 7.90. The number of nitrogens with one attached hydrogen (secondary N) is 1. The number of fused-ring (bicyclic) bond motifs is 2. The van der Waals surface area contributed by atoms with Crippen LogP contribution in [0.15, 0.2) is 29.6 Å². The van der Waals surface area contributed by atoms with Crippen molar-refractivity contribution in [3.63, 3.8) is 0 Å². The van der Waals surface area contributed by atoms with Crippen LogP contribution in [-0.4, -0.2) is 32.9 Å². The summed E-state index contributed by atoms with van der Waals surface area (Å²) in [4.78, 5) is 11.3. The molecule has 7 nitrogen and oxygen atoms in total. The van der Waals surface area contributed by atoms with Crippen LogP contribution in [0.25, 0.3) is 11.0 Å². The van der Waals surface area contributed by atoms with Crippen molar-refractivity contribution in [3.8, 4) is 17.2 Å². The van der Waals surface area contributed by atoms with Crippen LogP contribution in [0.3, 0.4) is 0 Å². The number of rotatable bonds is 4. The molecule has 3 heterocycles. The lowest BCUT2D eigenvalue weighted by molar-refractivity contribution is -0.286. The Balaban J connectivity index is 1.65. The second-order valence-electron chi connectivity index (χ2n) is 5.61. The molecule has 1 aliphatic heterocycles. The Labute approximate surface area is 149 Å². The van der Waals surface area contributed by atoms with E-state index in [9.17, 15) is 13.3 Å². The lowest BCUT2D eigenvalue weighted by Gasteiger charge is -2.07. The smallest absolute Gasteiger partial charge is 0.586 e. The molecule has 0 aliphatic carbocycles. The van der Waals surface area contributed by atoms with Crippen molar-refractivity contribution in [1.82, 2.24) is 15.0 Å². The molecule has 4 rings (SSSR count). The minimum Gasteiger partial charge on any atom is -0.609 e. The highest BCUT2D eigenvalue weighted by atomic mass is 32.2. The number of hydrogen-bond donors (Lipinski definition) is 1. The molecule has 1 atom stereocenters. The molecule has 0 fully saturated rings. The van der Waals surface area contributed by atoms with E-state index in [0.717, 1.165) is 0 Å². The van der Waals surface area contributed by atoms with E-state index < -0.39 is 17.5 Å². The van der Waals surface area contributed by atoms with Crippen molar-refractivity contribution in [1.29, 1.82) is 0 Å². The molecule has 136 valence electrons. The fraction of sp³-hybridized carbons (Fsp3) is 0.250. The molecule has 0 amide bonds. The Morgan fingerprint density at radius 1 is 1.35 bits per heavy atom. The number of nitrogens with zero attached hydrogens (tertiary/aromatic N) is 2. The van der Waals surface area contributed by atoms with Gasteiger partial charge in [-0.05, 0) is 13.0 Å². The minimum absolute atomic E-state index is 0.0575. The Morgan fingerprint density at radius 3 is 2.92 bits per heavy atom. The van der Waals surface area contributed by atoms with Gasteiger partial charge in [-0.25, -0.2) is 0 Å². The van der Waals surface area contributed by atoms with Crippen LogP contribution in [-0.2, 0) is 16.9 Å². The van der Waals surface area contributed by atoms with Gasteiger partial charge < -0.3 is 18.8 Å². The standard InChI is InChI=1S/C16H13F2N3O4S/c1-8-13-11(6-12-14(8)25-16(17,18)24-12)20-15(21-13)26(22)7-9-5-10(23-2)3-4-19-9/h3-6H,7H2,1-2H3,(H,20,21). The molecule has 2 aromatic heterocycles. The van der Waals surface area contributed by atoms with Crippen molar-refractivity contribution < 1.29 is 27.5 Å². The van der Waals surface area contributed by atoms with Gasteiger partial charge in [-0.15, -0.1) is 8.78 Å². The third kappa shape index (κ3) is 2.90. The summed E-state index contributed by atoms with van der Waals surface area (Å²) in [5.74, 6) is 0.580. The summed E-state index contributed by atoms with van der Waals surface area (Å²) in [5.41, 5.74) is 1.81. The summed E-state index contributed by atoms with van der Waals surface area (Å²) in [7, 11) is 1.53. The lowest BCUT2D eigenvalue weighted by atomic mass is 10.1. The number of imidazole rings is 1. The van der Waals surface area contributed by atoms with Gasteiger partial charge >= 0.3 is 11.5 Å². The number of H-pyrrole nitrogens is 1. The molecule has 1 aliphatic rings. The highest BCUT2D eigenvalue weighted by Crippen LogP contribution is 2.45. The second kappa shape index (κ2) is 5.99. The maximum absolute atomic E-state index is 13.2. The summed E-state index contributed by atoms with van der Waals surface area (Å²) in [6, 6.07) is 4.71. The molecule has 0 spiro atoms. The normalized spacial score (nSPS) is 16.0. The van der Waals surface area contributed by atoms with Crippen LogP contribution < -0.4 is 14.2 Å². The van der Waals surface area contributed by atoms with E-state index in [-0.39, 0.29) is 22.4 Å². The molecule has 26 heavy (non-hydrogen) atoms. The third-order valence-electron chi connectivity index (χ3n) is 3.89. The summed E-state index contributed by atoms with van der Waals surface area (Å²) in [6.07, 6.45) is -2.14. The fourth-order valence-electron chi connectivity index (χ4n) is 2.69. The van der Waals surface area contributed by atoms with E-state index in [1.807, 2.05) is 0 Å². The number of alkyl halides is 2. The van der Waals surface area contributed by atoms with E-state index in [1.54, 1.807) is 25.3 Å². The van der Waals surface area contributed by atoms with E-state index in [2.05, 4.69) is 24.4 Å². The SMILES string of the molecule is COc1ccnc(C[S+]([O-])c2nc3cc4c(c(C)c3[nH]2)OC(F)(F)O4)c1. The molecule has 0 saturated heterocycles. The number of ether oxygens (including phenoxy) is 3. The zero-order valence-electron chi connectivity index (χ0n) is 13.7. The maximum atomic E-state index is 13.2. The van der Waals surface area contributed by atoms with Crippen LogP contribution in [0.4, 0.5) is 8.78 Å². The molecule has 0 bridgehead atoms. The first-order valence-corrected chi connectivity index (χ1v) is 8.84. The first-order valence-electron chi connectivity index (χ1n) is 7.53. The van der Waals surface area contributed by atoms with Gasteiger partial charge in [0, 0.05) is 35.1 Å². The quantitative estimate of drug-likeness (QED) is 0.699. The molecule has 1 N–H and O–H groups in total. The van der Waals surface area contributed by atoms with E-state index in [1.165, 1.54) is 13.2 Å². The average Bonchev–Trinajstić information content (AvgIpc) is 3.15. The number of methoxy groups -OCH3 is 1. The molecule has 1 unspecified atom stereocenters. The van der Waals surface area contributed by atoms with Crippen molar-refractivity contribution in [2.75, 3.05) is 7.11 Å². The van der Waals surface area contributed by atoms with Crippen LogP contribution in [0.1, 0.15) is 11.3 Å². The third-order valence-corrected chi connectivity index (χ3v) is 5.07. The Kier molecular flexibility index (Phi) is 3.88. The zero-order valence-corrected chi connectivity index (χ0v) is 14.5. The number of aryl methyl sites for hydroxylation is 1. The second-order valence-corrected chi connectivity index (χ2v) is 6.98. The summed E-state index contributed by atoms with van der Waals surface area (Å²) >= 11 is -1.51. The van der Waals surface area contributed by atoms with Crippen molar-refractivity contribution in [2.45, 2.75) is 24.1 Å². The van der Waals surface area contributed by atoms with Crippen molar-refractivity contribution >= 4 is 22.2 Å². The average molecular weight is 381 g/mol. The van der Waals surface area contributed by atoms with Gasteiger partial charge in [-0.2, -0.15) is 4.98 Å². The molecule has 10 heteroatoms. The predicted octanol–water partition coefficient (Wildman–Crippen LogP) is 2.90. The molecule has 0 saturated carbocycles. The number of aromatic nitrogens is 3. The van der Waals surface area contributed by atoms with Gasteiger partial charge in [0.2, 0.25) is 0 Å². The molecule has 0 radical (unpaired) electrons. The van der Waals surface area contributed by atoms with E-state index in [4.69, 9.17) is 4.74 Å². The molecular weight excluding hydrogens is 368 g/mol. The van der Waals surface area contributed by atoms with Gasteiger partial charge in [-0.3, -0.25) is 9.97 Å². The Morgan fingerprint density at radius 2 is 2.15 bits per heavy atom. The van der Waals surface area contributed by atoms with Crippen LogP contribution in [0.2, 0.25) is 0 Å². The topological polar surface area (TPSA) is 92.3 Å². The van der Waals surface area contributed by atoms with Crippen LogP contribution in [0, 0.1) is 6.92 Å². The monoisotopic (exact) mass is 381 g/mol. The van der Waals surface area contributed by atoms with Gasteiger partial charge in [0.25, 0.3) is 0 Å². The molecular formula is C16H13F2N3O4S. The van der Waals surface area contributed by atoms with Crippen molar-refractivity contribution in [3.05, 3.63) is 35.7 Å². The fourth-order valence-corrected chi connectivity index (χ4v) is 3.66. The number of hydrogen-bond acceptors (Lipinski definition) is 6. The first-order chi connectivity index (χ1) is 12.4. The zero-order chi connectivity index (χ0) is 18.5. The predicted molar refractivity (Wildman–Crippen MR) is 87.9 cm³/mol. The first kappa shape index (κ1) is 16.9. The number of pyridine rings is 1. The maximum Gasteiger partial charge on any atom is 0.586 e. The Bertz CT molecular complexity index is 995. The molecule has 3 aromatic rings.